The number of benzene rings is 1. The fourth-order valence-corrected chi connectivity index (χ4v) is 4.12. The van der Waals surface area contributed by atoms with Crippen LogP contribution in [0.4, 0.5) is 5.69 Å². The van der Waals surface area contributed by atoms with Crippen LogP contribution in [-0.2, 0) is 14.6 Å². The molecule has 1 heterocycles. The Morgan fingerprint density at radius 3 is 2.84 bits per heavy atom. The molecule has 2 rings (SSSR count). The highest BCUT2D eigenvalue weighted by Gasteiger charge is 2.29. The van der Waals surface area contributed by atoms with Gasteiger partial charge in [-0.2, -0.15) is 0 Å². The summed E-state index contributed by atoms with van der Waals surface area (Å²) < 4.78 is 22.6. The molecule has 6 heteroatoms. The molecule has 0 spiro atoms. The van der Waals surface area contributed by atoms with Crippen LogP contribution in [0.3, 0.4) is 0 Å². The summed E-state index contributed by atoms with van der Waals surface area (Å²) in [6.45, 7) is 1.71. The molecule has 1 aromatic carbocycles. The number of amides is 1. The van der Waals surface area contributed by atoms with E-state index in [0.29, 0.717) is 17.7 Å². The Hall–Kier alpha value is -1.56. The monoisotopic (exact) mass is 283 g/mol. The van der Waals surface area contributed by atoms with Gasteiger partial charge in [0.1, 0.15) is 5.75 Å². The number of phenols is 1. The van der Waals surface area contributed by atoms with Crippen LogP contribution in [0.2, 0.25) is 0 Å². The van der Waals surface area contributed by atoms with Crippen molar-refractivity contribution in [1.82, 2.24) is 0 Å². The number of aromatic hydroxyl groups is 1. The Bertz CT molecular complexity index is 595. The minimum absolute atomic E-state index is 0.0948. The molecule has 0 aromatic heterocycles. The third kappa shape index (κ3) is 3.47. The van der Waals surface area contributed by atoms with E-state index < -0.39 is 9.84 Å². The summed E-state index contributed by atoms with van der Waals surface area (Å²) in [4.78, 5) is 11.9. The van der Waals surface area contributed by atoms with Crippen LogP contribution < -0.4 is 5.32 Å². The molecule has 0 saturated carbocycles. The first-order valence-corrected chi connectivity index (χ1v) is 7.98. The maximum absolute atomic E-state index is 11.9. The summed E-state index contributed by atoms with van der Waals surface area (Å²) in [6.07, 6.45) is 0.753. The molecule has 5 nitrogen and oxygen atoms in total. The van der Waals surface area contributed by atoms with E-state index in [2.05, 4.69) is 5.32 Å². The van der Waals surface area contributed by atoms with E-state index in [1.807, 2.05) is 0 Å². The van der Waals surface area contributed by atoms with Gasteiger partial charge in [0.15, 0.2) is 9.84 Å². The fraction of sp³-hybridized carbons (Fsp3) is 0.462. The van der Waals surface area contributed by atoms with Gasteiger partial charge in [0.25, 0.3) is 0 Å². The summed E-state index contributed by atoms with van der Waals surface area (Å²) in [5.74, 6) is 0.0925. The third-order valence-electron chi connectivity index (χ3n) is 3.38. The minimum atomic E-state index is -2.95. The van der Waals surface area contributed by atoms with Crippen molar-refractivity contribution in [2.45, 2.75) is 19.8 Å². The number of sulfone groups is 1. The second-order valence-corrected chi connectivity index (χ2v) is 7.20. The van der Waals surface area contributed by atoms with Gasteiger partial charge in [-0.05, 0) is 31.4 Å². The lowest BCUT2D eigenvalue weighted by molar-refractivity contribution is -0.116. The molecule has 1 fully saturated rings. The van der Waals surface area contributed by atoms with Crippen LogP contribution in [-0.4, -0.2) is 30.9 Å². The zero-order valence-electron chi connectivity index (χ0n) is 10.7. The van der Waals surface area contributed by atoms with Crippen molar-refractivity contribution >= 4 is 21.4 Å². The topological polar surface area (TPSA) is 83.5 Å². The van der Waals surface area contributed by atoms with Crippen molar-refractivity contribution < 1.29 is 18.3 Å². The Kier molecular flexibility index (Phi) is 3.80. The lowest BCUT2D eigenvalue weighted by Crippen LogP contribution is -2.17. The molecule has 1 aliphatic heterocycles. The van der Waals surface area contributed by atoms with E-state index in [1.54, 1.807) is 25.1 Å². The standard InChI is InChI=1S/C13H17NO4S/c1-9-11(3-2-4-12(9)15)14-13(16)7-10-5-6-19(17,18)8-10/h2-4,10,15H,5-8H2,1H3,(H,14,16). The second-order valence-electron chi connectivity index (χ2n) is 4.97. The van der Waals surface area contributed by atoms with Crippen LogP contribution in [0, 0.1) is 12.8 Å². The van der Waals surface area contributed by atoms with Gasteiger partial charge in [-0.15, -0.1) is 0 Å². The van der Waals surface area contributed by atoms with Gasteiger partial charge in [0.05, 0.1) is 11.5 Å². The Balaban J connectivity index is 1.97. The van der Waals surface area contributed by atoms with Crippen molar-refractivity contribution in [3.63, 3.8) is 0 Å². The number of phenolic OH excluding ortho intramolecular Hbond substituents is 1. The molecule has 0 bridgehead atoms. The smallest absolute Gasteiger partial charge is 0.224 e. The predicted octanol–water partition coefficient (Wildman–Crippen LogP) is 1.46. The minimum Gasteiger partial charge on any atom is -0.508 e. The van der Waals surface area contributed by atoms with Gasteiger partial charge < -0.3 is 10.4 Å². The maximum atomic E-state index is 11.9. The number of carbonyl (C=O) groups excluding carboxylic acids is 1. The largest absolute Gasteiger partial charge is 0.508 e. The Labute approximate surface area is 112 Å². The highest BCUT2D eigenvalue weighted by atomic mass is 32.2. The first-order valence-electron chi connectivity index (χ1n) is 6.16. The molecule has 1 atom stereocenters. The zero-order valence-corrected chi connectivity index (χ0v) is 11.5. The van der Waals surface area contributed by atoms with Crippen LogP contribution in [0.5, 0.6) is 5.75 Å². The second kappa shape index (κ2) is 5.21. The summed E-state index contributed by atoms with van der Waals surface area (Å²) in [7, 11) is -2.95. The van der Waals surface area contributed by atoms with Gasteiger partial charge in [-0.1, -0.05) is 6.07 Å². The summed E-state index contributed by atoms with van der Waals surface area (Å²) in [6, 6.07) is 4.91. The number of carbonyl (C=O) groups is 1. The van der Waals surface area contributed by atoms with Crippen molar-refractivity contribution in [2.24, 2.45) is 5.92 Å². The molecule has 1 aromatic rings. The molecule has 2 N–H and O–H groups in total. The van der Waals surface area contributed by atoms with E-state index in [0.717, 1.165) is 0 Å². The van der Waals surface area contributed by atoms with E-state index >= 15 is 0 Å². The van der Waals surface area contributed by atoms with Crippen LogP contribution in [0.1, 0.15) is 18.4 Å². The van der Waals surface area contributed by atoms with Crippen molar-refractivity contribution in [3.8, 4) is 5.75 Å². The third-order valence-corrected chi connectivity index (χ3v) is 5.22. The zero-order chi connectivity index (χ0) is 14.0. The van der Waals surface area contributed by atoms with E-state index in [9.17, 15) is 18.3 Å². The molecule has 1 unspecified atom stereocenters. The van der Waals surface area contributed by atoms with E-state index in [4.69, 9.17) is 0 Å². The lowest BCUT2D eigenvalue weighted by atomic mass is 10.0. The van der Waals surface area contributed by atoms with Gasteiger partial charge >= 0.3 is 0 Å². The highest BCUT2D eigenvalue weighted by Crippen LogP contribution is 2.25. The van der Waals surface area contributed by atoms with Crippen molar-refractivity contribution in [2.75, 3.05) is 16.8 Å². The molecule has 1 amide bonds. The van der Waals surface area contributed by atoms with Crippen LogP contribution in [0.25, 0.3) is 0 Å². The van der Waals surface area contributed by atoms with Crippen LogP contribution >= 0.6 is 0 Å². The molecular formula is C13H17NO4S. The first kappa shape index (κ1) is 13.9. The highest BCUT2D eigenvalue weighted by molar-refractivity contribution is 7.91. The normalized spacial score (nSPS) is 21.2. The van der Waals surface area contributed by atoms with Crippen molar-refractivity contribution in [1.29, 1.82) is 0 Å². The van der Waals surface area contributed by atoms with Gasteiger partial charge in [-0.3, -0.25) is 4.79 Å². The lowest BCUT2D eigenvalue weighted by Gasteiger charge is -2.11. The van der Waals surface area contributed by atoms with Gasteiger partial charge in [-0.25, -0.2) is 8.42 Å². The predicted molar refractivity (Wildman–Crippen MR) is 72.9 cm³/mol. The summed E-state index contributed by atoms with van der Waals surface area (Å²) >= 11 is 0. The first-order chi connectivity index (χ1) is 8.87. The quantitative estimate of drug-likeness (QED) is 0.879. The van der Waals surface area contributed by atoms with E-state index in [1.165, 1.54) is 0 Å². The van der Waals surface area contributed by atoms with E-state index in [-0.39, 0.29) is 35.5 Å². The number of anilines is 1. The number of nitrogens with one attached hydrogen (secondary N) is 1. The molecule has 1 saturated heterocycles. The average Bonchev–Trinajstić information content (AvgIpc) is 2.64. The van der Waals surface area contributed by atoms with Crippen LogP contribution in [0.15, 0.2) is 18.2 Å². The molecular weight excluding hydrogens is 266 g/mol. The molecule has 104 valence electrons. The fourth-order valence-electron chi connectivity index (χ4n) is 2.26. The SMILES string of the molecule is Cc1c(O)cccc1NC(=O)CC1CCS(=O)(=O)C1. The summed E-state index contributed by atoms with van der Waals surface area (Å²) in [5.41, 5.74) is 1.17. The number of hydrogen-bond acceptors (Lipinski definition) is 4. The molecule has 0 aliphatic carbocycles. The number of rotatable bonds is 3. The Morgan fingerprint density at radius 2 is 2.21 bits per heavy atom. The maximum Gasteiger partial charge on any atom is 0.224 e. The van der Waals surface area contributed by atoms with Gasteiger partial charge in [0, 0.05) is 17.7 Å². The average molecular weight is 283 g/mol. The summed E-state index contributed by atoms with van der Waals surface area (Å²) in [5, 5.41) is 12.2. The van der Waals surface area contributed by atoms with Gasteiger partial charge in [0.2, 0.25) is 5.91 Å². The molecule has 1 aliphatic rings. The Morgan fingerprint density at radius 1 is 1.47 bits per heavy atom. The number of hydrogen-bond donors (Lipinski definition) is 2. The molecule has 19 heavy (non-hydrogen) atoms. The molecule has 0 radical (unpaired) electrons. The van der Waals surface area contributed by atoms with Crippen molar-refractivity contribution in [3.05, 3.63) is 23.8 Å².